The van der Waals surface area contributed by atoms with E-state index in [1.165, 1.54) is 0 Å². The van der Waals surface area contributed by atoms with Gasteiger partial charge >= 0.3 is 0 Å². The van der Waals surface area contributed by atoms with Crippen LogP contribution in [0, 0.1) is 0 Å². The average Bonchev–Trinajstić information content (AvgIpc) is 2.08. The number of aliphatic hydroxyl groups is 4. The number of aliphatic hydroxyl groups excluding tert-OH is 4. The molecule has 0 aliphatic carbocycles. The van der Waals surface area contributed by atoms with Gasteiger partial charge in [-0.3, -0.25) is 0 Å². The quantitative estimate of drug-likeness (QED) is 0.277. The summed E-state index contributed by atoms with van der Waals surface area (Å²) in [5.41, 5.74) is -0.874. The molecule has 0 aromatic heterocycles. The summed E-state index contributed by atoms with van der Waals surface area (Å²) in [5, 5.41) is 36.2. The molecular formula is C6H15NO5S. The molecule has 1 rings (SSSR count). The van der Waals surface area contributed by atoms with Crippen LogP contribution < -0.4 is 6.15 Å². The molecule has 7 heteroatoms. The highest BCUT2D eigenvalue weighted by Crippen LogP contribution is 2.22. The van der Waals surface area contributed by atoms with Crippen molar-refractivity contribution in [3.05, 3.63) is 0 Å². The first kappa shape index (κ1) is 13.1. The van der Waals surface area contributed by atoms with Crippen LogP contribution in [0.15, 0.2) is 0 Å². The normalized spacial score (nSPS) is 45.5. The van der Waals surface area contributed by atoms with Gasteiger partial charge in [0.15, 0.2) is 0 Å². The molecular weight excluding hydrogens is 198 g/mol. The molecule has 0 aromatic carbocycles. The van der Waals surface area contributed by atoms with E-state index in [4.69, 9.17) is 14.9 Å². The molecule has 0 bridgehead atoms. The van der Waals surface area contributed by atoms with Crippen LogP contribution in [0.2, 0.25) is 0 Å². The summed E-state index contributed by atoms with van der Waals surface area (Å²) in [7, 11) is 0. The summed E-state index contributed by atoms with van der Waals surface area (Å²) in [6.45, 7) is -0.415. The Kier molecular flexibility index (Phi) is 5.15. The minimum atomic E-state index is -1.32. The third-order valence-electron chi connectivity index (χ3n) is 1.87. The van der Waals surface area contributed by atoms with E-state index in [-0.39, 0.29) is 6.15 Å². The van der Waals surface area contributed by atoms with E-state index in [9.17, 15) is 10.2 Å². The van der Waals surface area contributed by atoms with Crippen molar-refractivity contribution >= 4 is 12.6 Å². The van der Waals surface area contributed by atoms with Gasteiger partial charge in [0.1, 0.15) is 29.9 Å². The lowest BCUT2D eigenvalue weighted by Crippen LogP contribution is -2.56. The van der Waals surface area contributed by atoms with Crippen molar-refractivity contribution in [2.75, 3.05) is 6.61 Å². The van der Waals surface area contributed by atoms with Crippen molar-refractivity contribution in [3.63, 3.8) is 0 Å². The van der Waals surface area contributed by atoms with Gasteiger partial charge in [0.05, 0.1) is 6.61 Å². The number of hydrogen-bond donors (Lipinski definition) is 6. The highest BCUT2D eigenvalue weighted by Gasteiger charge is 2.41. The van der Waals surface area contributed by atoms with Crippen LogP contribution in [0.1, 0.15) is 0 Å². The number of thiol groups is 1. The summed E-state index contributed by atoms with van der Waals surface area (Å²) < 4.78 is 4.88. The molecule has 0 aromatic rings. The molecule has 6 nitrogen and oxygen atoms in total. The summed E-state index contributed by atoms with van der Waals surface area (Å²) >= 11 is 3.81. The van der Waals surface area contributed by atoms with Gasteiger partial charge < -0.3 is 31.3 Å². The van der Waals surface area contributed by atoms with E-state index in [1.807, 2.05) is 0 Å². The SMILES string of the molecule is N.OC[C@H]1O[C@@H](S)[C@H](O)[C@@H](O)[C@@H]1O. The fraction of sp³-hybridized carbons (Fsp3) is 1.00. The molecule has 5 atom stereocenters. The lowest BCUT2D eigenvalue weighted by Gasteiger charge is -2.37. The van der Waals surface area contributed by atoms with Gasteiger partial charge in [-0.05, 0) is 0 Å². The smallest absolute Gasteiger partial charge is 0.129 e. The first-order valence-corrected chi connectivity index (χ1v) is 4.08. The van der Waals surface area contributed by atoms with Crippen molar-refractivity contribution in [3.8, 4) is 0 Å². The maximum Gasteiger partial charge on any atom is 0.129 e. The largest absolute Gasteiger partial charge is 0.394 e. The minimum Gasteiger partial charge on any atom is -0.394 e. The van der Waals surface area contributed by atoms with E-state index < -0.39 is 36.5 Å². The molecule has 0 amide bonds. The fourth-order valence-electron chi connectivity index (χ4n) is 1.08. The van der Waals surface area contributed by atoms with Crippen LogP contribution in [0.5, 0.6) is 0 Å². The Hall–Kier alpha value is 0.110. The monoisotopic (exact) mass is 213 g/mol. The molecule has 1 heterocycles. The second-order valence-corrected chi connectivity index (χ2v) is 3.23. The molecule has 80 valence electrons. The van der Waals surface area contributed by atoms with Crippen LogP contribution in [0.25, 0.3) is 0 Å². The van der Waals surface area contributed by atoms with Crippen LogP contribution >= 0.6 is 12.6 Å². The number of rotatable bonds is 1. The molecule has 13 heavy (non-hydrogen) atoms. The predicted molar refractivity (Wildman–Crippen MR) is 47.8 cm³/mol. The maximum absolute atomic E-state index is 9.20. The van der Waals surface area contributed by atoms with Crippen LogP contribution in [-0.4, -0.2) is 56.9 Å². The number of hydrogen-bond acceptors (Lipinski definition) is 7. The van der Waals surface area contributed by atoms with Gasteiger partial charge in [-0.2, -0.15) is 0 Å². The minimum absolute atomic E-state index is 0. The summed E-state index contributed by atoms with van der Waals surface area (Å²) in [4.78, 5) is 0. The predicted octanol–water partition coefficient (Wildman–Crippen LogP) is -2.12. The molecule has 1 aliphatic rings. The zero-order valence-electron chi connectivity index (χ0n) is 6.95. The Labute approximate surface area is 81.1 Å². The Morgan fingerprint density at radius 2 is 1.62 bits per heavy atom. The van der Waals surface area contributed by atoms with Crippen molar-refractivity contribution in [1.29, 1.82) is 0 Å². The summed E-state index contributed by atoms with van der Waals surface area (Å²) in [6, 6.07) is 0. The molecule has 1 aliphatic heterocycles. The Bertz CT molecular complexity index is 155. The molecule has 0 radical (unpaired) electrons. The zero-order chi connectivity index (χ0) is 9.30. The lowest BCUT2D eigenvalue weighted by atomic mass is 10.0. The second kappa shape index (κ2) is 5.11. The Balaban J connectivity index is 0.00000144. The molecule has 1 saturated heterocycles. The fourth-order valence-corrected chi connectivity index (χ4v) is 1.41. The van der Waals surface area contributed by atoms with E-state index >= 15 is 0 Å². The van der Waals surface area contributed by atoms with Crippen molar-refractivity contribution in [2.24, 2.45) is 0 Å². The topological polar surface area (TPSA) is 125 Å². The van der Waals surface area contributed by atoms with Gasteiger partial charge in [-0.1, -0.05) is 0 Å². The maximum atomic E-state index is 9.20. The van der Waals surface area contributed by atoms with E-state index in [0.717, 1.165) is 0 Å². The summed E-state index contributed by atoms with van der Waals surface area (Å²) in [5.74, 6) is 0. The van der Waals surface area contributed by atoms with Gasteiger partial charge in [0, 0.05) is 0 Å². The van der Waals surface area contributed by atoms with E-state index in [1.54, 1.807) is 0 Å². The van der Waals surface area contributed by atoms with Gasteiger partial charge in [0.2, 0.25) is 0 Å². The van der Waals surface area contributed by atoms with Gasteiger partial charge in [-0.15, -0.1) is 12.6 Å². The average molecular weight is 213 g/mol. The highest BCUT2D eigenvalue weighted by molar-refractivity contribution is 7.80. The highest BCUT2D eigenvalue weighted by atomic mass is 32.1. The molecule has 0 saturated carbocycles. The van der Waals surface area contributed by atoms with Crippen LogP contribution in [0.3, 0.4) is 0 Å². The van der Waals surface area contributed by atoms with Crippen molar-refractivity contribution in [1.82, 2.24) is 6.15 Å². The van der Waals surface area contributed by atoms with Crippen molar-refractivity contribution < 1.29 is 25.2 Å². The van der Waals surface area contributed by atoms with Crippen LogP contribution in [-0.2, 0) is 4.74 Å². The first-order valence-electron chi connectivity index (χ1n) is 3.56. The van der Waals surface area contributed by atoms with Crippen LogP contribution in [0.4, 0.5) is 0 Å². The Morgan fingerprint density at radius 3 is 2.08 bits per heavy atom. The Morgan fingerprint density at radius 1 is 1.08 bits per heavy atom. The van der Waals surface area contributed by atoms with Gasteiger partial charge in [0.25, 0.3) is 0 Å². The molecule has 0 spiro atoms. The zero-order valence-corrected chi connectivity index (χ0v) is 7.84. The molecule has 0 unspecified atom stereocenters. The van der Waals surface area contributed by atoms with E-state index in [0.29, 0.717) is 0 Å². The standard InChI is InChI=1S/C6H12O5S.H3N/c7-1-2-3(8)4(9)5(10)6(12)11-2;/h2-10,12H,1H2;1H3/t2-,3-,4+,5-,6+;/m1./s1. The second-order valence-electron chi connectivity index (χ2n) is 2.72. The first-order chi connectivity index (χ1) is 5.57. The van der Waals surface area contributed by atoms with E-state index in [2.05, 4.69) is 12.6 Å². The summed E-state index contributed by atoms with van der Waals surface area (Å²) in [6.07, 6.45) is -4.70. The lowest BCUT2D eigenvalue weighted by molar-refractivity contribution is -0.205. The third-order valence-corrected chi connectivity index (χ3v) is 2.29. The van der Waals surface area contributed by atoms with Crippen molar-refractivity contribution in [2.45, 2.75) is 29.9 Å². The number of ether oxygens (including phenoxy) is 1. The van der Waals surface area contributed by atoms with Gasteiger partial charge in [-0.25, -0.2) is 0 Å². The third kappa shape index (κ3) is 2.53. The molecule has 1 fully saturated rings. The molecule has 7 N–H and O–H groups in total.